The van der Waals surface area contributed by atoms with Crippen LogP contribution in [0.5, 0.6) is 5.75 Å². The van der Waals surface area contributed by atoms with Crippen molar-refractivity contribution in [3.63, 3.8) is 0 Å². The summed E-state index contributed by atoms with van der Waals surface area (Å²) < 4.78 is 6.34. The van der Waals surface area contributed by atoms with E-state index in [1.54, 1.807) is 0 Å². The van der Waals surface area contributed by atoms with Gasteiger partial charge in [-0.2, -0.15) is 0 Å². The predicted octanol–water partition coefficient (Wildman–Crippen LogP) is 7.23. The summed E-state index contributed by atoms with van der Waals surface area (Å²) in [7, 11) is 0. The summed E-state index contributed by atoms with van der Waals surface area (Å²) in [5.41, 5.74) is 1.27. The molecular formula is C28H36ClNO3. The van der Waals surface area contributed by atoms with Crippen LogP contribution in [0, 0.1) is 11.8 Å². The molecule has 1 aliphatic carbocycles. The quantitative estimate of drug-likeness (QED) is 0.484. The van der Waals surface area contributed by atoms with E-state index in [9.17, 15) is 9.90 Å². The minimum atomic E-state index is -0.629. The molecule has 33 heavy (non-hydrogen) atoms. The Morgan fingerprint density at radius 3 is 2.42 bits per heavy atom. The number of carboxylic acid groups (broad SMARTS) is 1. The first kappa shape index (κ1) is 23.0. The molecule has 2 bridgehead atoms. The van der Waals surface area contributed by atoms with Gasteiger partial charge in [0.1, 0.15) is 5.75 Å². The van der Waals surface area contributed by atoms with E-state index in [0.717, 1.165) is 61.0 Å². The molecule has 0 radical (unpaired) electrons. The van der Waals surface area contributed by atoms with E-state index < -0.39 is 5.97 Å². The Balaban J connectivity index is 1.32. The maximum atomic E-state index is 11.5. The minimum Gasteiger partial charge on any atom is -0.489 e. The number of halogens is 1. The highest BCUT2D eigenvalue weighted by atomic mass is 35.5. The fourth-order valence-electron chi connectivity index (χ4n) is 6.70. The zero-order valence-electron chi connectivity index (χ0n) is 19.8. The Morgan fingerprint density at radius 1 is 1.09 bits per heavy atom. The van der Waals surface area contributed by atoms with Crippen LogP contribution in [0.25, 0.3) is 10.8 Å². The van der Waals surface area contributed by atoms with Gasteiger partial charge in [0, 0.05) is 23.5 Å². The number of hydrogen-bond donors (Lipinski definition) is 1. The average Bonchev–Trinajstić information content (AvgIpc) is 3.09. The van der Waals surface area contributed by atoms with Crippen molar-refractivity contribution in [1.82, 2.24) is 4.90 Å². The number of fused-ring (bicyclic) bond motifs is 3. The number of carboxylic acids is 1. The molecule has 0 amide bonds. The molecule has 1 saturated carbocycles. The molecular weight excluding hydrogens is 434 g/mol. The van der Waals surface area contributed by atoms with Crippen LogP contribution >= 0.6 is 11.6 Å². The van der Waals surface area contributed by atoms with E-state index in [1.807, 2.05) is 6.07 Å². The molecule has 2 saturated heterocycles. The standard InChI is InChI=1S/C28H36ClNO3/c1-3-18-4-10-24(11-5-18)33-26-13-7-20-14-19(6-12-25(20)27(26)29)17(2)30-22-8-9-23(30)16-21(15-22)28(31)32/h6-7,12-14,17-18,21-24H,3-5,8-11,15-16H2,1-2H3,(H,31,32). The van der Waals surface area contributed by atoms with Crippen molar-refractivity contribution in [2.45, 2.75) is 95.9 Å². The van der Waals surface area contributed by atoms with Gasteiger partial charge in [-0.05, 0) is 87.3 Å². The van der Waals surface area contributed by atoms with Gasteiger partial charge in [0.2, 0.25) is 0 Å². The fraction of sp³-hybridized carbons (Fsp3) is 0.607. The van der Waals surface area contributed by atoms with Gasteiger partial charge >= 0.3 is 5.97 Å². The third kappa shape index (κ3) is 4.49. The van der Waals surface area contributed by atoms with Crippen LogP contribution in [-0.2, 0) is 4.79 Å². The SMILES string of the molecule is CCC1CCC(Oc2ccc3cc(C(C)N4C5CCC4CC(C(=O)O)C5)ccc3c2Cl)CC1. The predicted molar refractivity (Wildman–Crippen MR) is 133 cm³/mol. The Labute approximate surface area is 202 Å². The average molecular weight is 470 g/mol. The molecule has 2 aliphatic heterocycles. The minimum absolute atomic E-state index is 0.184. The number of ether oxygens (including phenoxy) is 1. The molecule has 3 unspecified atom stereocenters. The Bertz CT molecular complexity index is 1000. The second-order valence-corrected chi connectivity index (χ2v) is 10.9. The van der Waals surface area contributed by atoms with Gasteiger partial charge < -0.3 is 9.84 Å². The van der Waals surface area contributed by atoms with E-state index in [4.69, 9.17) is 16.3 Å². The molecule has 2 aromatic rings. The highest BCUT2D eigenvalue weighted by Gasteiger charge is 2.45. The summed E-state index contributed by atoms with van der Waals surface area (Å²) in [6.45, 7) is 4.54. The van der Waals surface area contributed by atoms with Crippen molar-refractivity contribution in [1.29, 1.82) is 0 Å². The van der Waals surface area contributed by atoms with Gasteiger partial charge in [-0.25, -0.2) is 0 Å². The highest BCUT2D eigenvalue weighted by molar-refractivity contribution is 6.37. The maximum absolute atomic E-state index is 11.5. The van der Waals surface area contributed by atoms with Gasteiger partial charge in [0.05, 0.1) is 17.0 Å². The summed E-state index contributed by atoms with van der Waals surface area (Å²) in [5, 5.41) is 12.4. The van der Waals surface area contributed by atoms with Crippen molar-refractivity contribution in [3.05, 3.63) is 40.9 Å². The first-order valence-electron chi connectivity index (χ1n) is 12.8. The molecule has 178 valence electrons. The molecule has 3 fully saturated rings. The van der Waals surface area contributed by atoms with E-state index in [1.165, 1.54) is 24.8 Å². The third-order valence-electron chi connectivity index (χ3n) is 8.68. The molecule has 5 heteroatoms. The summed E-state index contributed by atoms with van der Waals surface area (Å²) in [6, 6.07) is 11.8. The molecule has 0 spiro atoms. The van der Waals surface area contributed by atoms with Gasteiger partial charge in [-0.3, -0.25) is 9.69 Å². The van der Waals surface area contributed by atoms with E-state index in [2.05, 4.69) is 43.0 Å². The normalized spacial score (nSPS) is 30.9. The zero-order chi connectivity index (χ0) is 23.1. The largest absolute Gasteiger partial charge is 0.489 e. The van der Waals surface area contributed by atoms with Gasteiger partial charge in [0.25, 0.3) is 0 Å². The lowest BCUT2D eigenvalue weighted by Crippen LogP contribution is -2.45. The Morgan fingerprint density at radius 2 is 1.79 bits per heavy atom. The molecule has 0 aromatic heterocycles. The van der Waals surface area contributed by atoms with Crippen LogP contribution < -0.4 is 4.74 Å². The first-order valence-corrected chi connectivity index (χ1v) is 13.2. The summed E-state index contributed by atoms with van der Waals surface area (Å²) in [4.78, 5) is 14.1. The van der Waals surface area contributed by atoms with Crippen molar-refractivity contribution in [2.75, 3.05) is 0 Å². The zero-order valence-corrected chi connectivity index (χ0v) is 20.6. The molecule has 2 heterocycles. The van der Waals surface area contributed by atoms with Gasteiger partial charge in [-0.15, -0.1) is 0 Å². The summed E-state index contributed by atoms with van der Waals surface area (Å²) in [5.74, 6) is 0.842. The van der Waals surface area contributed by atoms with Crippen LogP contribution in [0.2, 0.25) is 5.02 Å². The molecule has 3 aliphatic rings. The van der Waals surface area contributed by atoms with E-state index >= 15 is 0 Å². The van der Waals surface area contributed by atoms with Crippen LogP contribution in [0.4, 0.5) is 0 Å². The van der Waals surface area contributed by atoms with Crippen molar-refractivity contribution < 1.29 is 14.6 Å². The van der Waals surface area contributed by atoms with Crippen LogP contribution in [0.3, 0.4) is 0 Å². The lowest BCUT2D eigenvalue weighted by molar-refractivity contribution is -0.144. The number of nitrogens with zero attached hydrogens (tertiary/aromatic N) is 1. The Kier molecular flexibility index (Phi) is 6.59. The number of piperidine rings is 1. The van der Waals surface area contributed by atoms with Crippen molar-refractivity contribution in [3.8, 4) is 5.75 Å². The van der Waals surface area contributed by atoms with Crippen molar-refractivity contribution >= 4 is 28.3 Å². The molecule has 1 N–H and O–H groups in total. The molecule has 4 nitrogen and oxygen atoms in total. The highest BCUT2D eigenvalue weighted by Crippen LogP contribution is 2.44. The van der Waals surface area contributed by atoms with E-state index in [0.29, 0.717) is 17.1 Å². The monoisotopic (exact) mass is 469 g/mol. The Hall–Kier alpha value is -1.78. The number of aliphatic carboxylic acids is 1. The molecule has 2 aromatic carbocycles. The van der Waals surface area contributed by atoms with E-state index in [-0.39, 0.29) is 18.1 Å². The molecule has 3 atom stereocenters. The second-order valence-electron chi connectivity index (χ2n) is 10.5. The smallest absolute Gasteiger partial charge is 0.306 e. The topological polar surface area (TPSA) is 49.8 Å². The van der Waals surface area contributed by atoms with Crippen LogP contribution in [0.15, 0.2) is 30.3 Å². The maximum Gasteiger partial charge on any atom is 0.306 e. The summed E-state index contributed by atoms with van der Waals surface area (Å²) in [6.07, 6.45) is 10.0. The number of benzene rings is 2. The first-order chi connectivity index (χ1) is 15.9. The number of rotatable bonds is 6. The van der Waals surface area contributed by atoms with Crippen LogP contribution in [0.1, 0.15) is 83.2 Å². The lowest BCUT2D eigenvalue weighted by Gasteiger charge is -2.41. The third-order valence-corrected chi connectivity index (χ3v) is 9.07. The van der Waals surface area contributed by atoms with Gasteiger partial charge in [0.15, 0.2) is 0 Å². The van der Waals surface area contributed by atoms with Crippen molar-refractivity contribution in [2.24, 2.45) is 11.8 Å². The second kappa shape index (κ2) is 9.46. The molecule has 5 rings (SSSR count). The van der Waals surface area contributed by atoms with Gasteiger partial charge in [-0.1, -0.05) is 43.1 Å². The number of hydrogen-bond acceptors (Lipinski definition) is 3. The number of carbonyl (C=O) groups is 1. The fourth-order valence-corrected chi connectivity index (χ4v) is 6.98. The lowest BCUT2D eigenvalue weighted by atomic mass is 9.86. The summed E-state index contributed by atoms with van der Waals surface area (Å²) >= 11 is 6.81. The van der Waals surface area contributed by atoms with Crippen LogP contribution in [-0.4, -0.2) is 34.2 Å².